The van der Waals surface area contributed by atoms with E-state index in [0.717, 1.165) is 55.0 Å². The Kier molecular flexibility index (Phi) is 5.44. The minimum Gasteiger partial charge on any atom is -0.382 e. The average Bonchev–Trinajstić information content (AvgIpc) is 3.53. The first-order valence-electron chi connectivity index (χ1n) is 11.2. The van der Waals surface area contributed by atoms with Gasteiger partial charge in [-0.2, -0.15) is 5.10 Å². The van der Waals surface area contributed by atoms with Crippen molar-refractivity contribution in [1.82, 2.24) is 19.7 Å². The molecule has 2 heterocycles. The van der Waals surface area contributed by atoms with Gasteiger partial charge in [-0.05, 0) is 63.0 Å². The fourth-order valence-corrected chi connectivity index (χ4v) is 4.76. The first-order chi connectivity index (χ1) is 15.0. The Morgan fingerprint density at radius 3 is 2.58 bits per heavy atom. The zero-order valence-electron chi connectivity index (χ0n) is 17.9. The summed E-state index contributed by atoms with van der Waals surface area (Å²) >= 11 is 6.55. The highest BCUT2D eigenvalue weighted by Gasteiger charge is 2.36. The van der Waals surface area contributed by atoms with E-state index in [4.69, 9.17) is 22.3 Å². The highest BCUT2D eigenvalue weighted by molar-refractivity contribution is 6.32. The van der Waals surface area contributed by atoms with Gasteiger partial charge in [0.1, 0.15) is 5.82 Å². The number of rotatable bonds is 6. The van der Waals surface area contributed by atoms with Gasteiger partial charge in [0.15, 0.2) is 0 Å². The van der Waals surface area contributed by atoms with Crippen molar-refractivity contribution in [3.8, 4) is 11.3 Å². The Labute approximate surface area is 188 Å². The van der Waals surface area contributed by atoms with Crippen molar-refractivity contribution in [2.75, 3.05) is 5.32 Å². The Balaban J connectivity index is 1.36. The lowest BCUT2D eigenvalue weighted by Crippen LogP contribution is -2.44. The Morgan fingerprint density at radius 1 is 1.13 bits per heavy atom. The van der Waals surface area contributed by atoms with E-state index < -0.39 is 5.54 Å². The topological polar surface area (TPSA) is 81.7 Å². The molecule has 162 valence electrons. The molecule has 2 aliphatic rings. The van der Waals surface area contributed by atoms with E-state index in [1.165, 1.54) is 18.5 Å². The van der Waals surface area contributed by atoms with Crippen LogP contribution in [0.25, 0.3) is 11.3 Å². The molecular formula is C24H29ClN6. The summed E-state index contributed by atoms with van der Waals surface area (Å²) in [7, 11) is 1.99. The maximum atomic E-state index is 6.85. The summed E-state index contributed by atoms with van der Waals surface area (Å²) in [6.45, 7) is 0. The third-order valence-electron chi connectivity index (χ3n) is 6.71. The molecule has 0 bridgehead atoms. The number of hydrogen-bond acceptors (Lipinski definition) is 5. The summed E-state index contributed by atoms with van der Waals surface area (Å²) in [5.41, 5.74) is 10.4. The molecule has 2 fully saturated rings. The number of aromatic nitrogens is 4. The largest absolute Gasteiger partial charge is 0.382 e. The molecule has 31 heavy (non-hydrogen) atoms. The van der Waals surface area contributed by atoms with Crippen LogP contribution in [0, 0.1) is 5.92 Å². The summed E-state index contributed by atoms with van der Waals surface area (Å²) < 4.78 is 1.95. The van der Waals surface area contributed by atoms with Crippen LogP contribution in [-0.4, -0.2) is 25.8 Å². The summed E-state index contributed by atoms with van der Waals surface area (Å²) in [5.74, 6) is 1.44. The molecule has 0 spiro atoms. The molecule has 7 heteroatoms. The molecule has 0 unspecified atom stereocenters. The number of halogens is 1. The second-order valence-electron chi connectivity index (χ2n) is 9.11. The minimum absolute atomic E-state index is 0.411. The van der Waals surface area contributed by atoms with Crippen molar-refractivity contribution >= 4 is 17.3 Å². The molecule has 0 saturated heterocycles. The van der Waals surface area contributed by atoms with Crippen LogP contribution in [0.3, 0.4) is 0 Å². The van der Waals surface area contributed by atoms with Gasteiger partial charge in [-0.15, -0.1) is 0 Å². The lowest BCUT2D eigenvalue weighted by atomic mass is 9.79. The third kappa shape index (κ3) is 4.32. The Morgan fingerprint density at radius 2 is 1.87 bits per heavy atom. The van der Waals surface area contributed by atoms with Crippen molar-refractivity contribution in [2.24, 2.45) is 18.7 Å². The van der Waals surface area contributed by atoms with Crippen LogP contribution >= 0.6 is 11.6 Å². The Hall–Kier alpha value is -2.44. The predicted octanol–water partition coefficient (Wildman–Crippen LogP) is 4.69. The maximum Gasteiger partial charge on any atom is 0.148 e. The van der Waals surface area contributed by atoms with E-state index >= 15 is 0 Å². The van der Waals surface area contributed by atoms with Crippen molar-refractivity contribution in [1.29, 1.82) is 0 Å². The molecule has 2 saturated carbocycles. The SMILES string of the molecule is Cn1ncc(-c2nc(C3(N)CCC(Nc4ccccc4)CC3)ncc2Cl)c1CC1CC1. The summed E-state index contributed by atoms with van der Waals surface area (Å²) in [6, 6.07) is 10.8. The van der Waals surface area contributed by atoms with Crippen molar-refractivity contribution in [3.63, 3.8) is 0 Å². The number of nitrogens with two attached hydrogens (primary N) is 1. The van der Waals surface area contributed by atoms with Gasteiger partial charge in [-0.1, -0.05) is 29.8 Å². The van der Waals surface area contributed by atoms with Crippen LogP contribution in [-0.2, 0) is 19.0 Å². The number of nitrogens with one attached hydrogen (secondary N) is 1. The number of para-hydroxylation sites is 1. The smallest absolute Gasteiger partial charge is 0.148 e. The first kappa shape index (κ1) is 20.5. The lowest BCUT2D eigenvalue weighted by molar-refractivity contribution is 0.273. The fraction of sp³-hybridized carbons (Fsp3) is 0.458. The summed E-state index contributed by atoms with van der Waals surface area (Å²) in [4.78, 5) is 9.47. The number of hydrogen-bond donors (Lipinski definition) is 2. The highest BCUT2D eigenvalue weighted by Crippen LogP contribution is 2.39. The Bertz CT molecular complexity index is 1050. The van der Waals surface area contributed by atoms with Gasteiger partial charge >= 0.3 is 0 Å². The van der Waals surface area contributed by atoms with E-state index in [1.54, 1.807) is 6.20 Å². The molecule has 5 rings (SSSR count). The van der Waals surface area contributed by atoms with Crippen LogP contribution in [0.4, 0.5) is 5.69 Å². The van der Waals surface area contributed by atoms with E-state index in [2.05, 4.69) is 39.7 Å². The van der Waals surface area contributed by atoms with Gasteiger partial charge in [-0.25, -0.2) is 9.97 Å². The molecule has 2 aliphatic carbocycles. The molecule has 0 atom stereocenters. The summed E-state index contributed by atoms with van der Waals surface area (Å²) in [6.07, 6.45) is 10.8. The molecular weight excluding hydrogens is 408 g/mol. The maximum absolute atomic E-state index is 6.85. The van der Waals surface area contributed by atoms with E-state index in [9.17, 15) is 0 Å². The quantitative estimate of drug-likeness (QED) is 0.585. The molecule has 3 N–H and O–H groups in total. The normalized spacial score (nSPS) is 23.6. The highest BCUT2D eigenvalue weighted by atomic mass is 35.5. The van der Waals surface area contributed by atoms with Gasteiger partial charge in [0.05, 0.1) is 22.5 Å². The number of benzene rings is 1. The van der Waals surface area contributed by atoms with Crippen LogP contribution in [0.5, 0.6) is 0 Å². The van der Waals surface area contributed by atoms with E-state index in [-0.39, 0.29) is 0 Å². The van der Waals surface area contributed by atoms with Gasteiger partial charge < -0.3 is 11.1 Å². The first-order valence-corrected chi connectivity index (χ1v) is 11.5. The van der Waals surface area contributed by atoms with Gasteiger partial charge in [0.2, 0.25) is 0 Å². The van der Waals surface area contributed by atoms with Crippen molar-refractivity contribution in [3.05, 3.63) is 59.3 Å². The summed E-state index contributed by atoms with van der Waals surface area (Å²) in [5, 5.41) is 8.66. The molecule has 0 radical (unpaired) electrons. The van der Waals surface area contributed by atoms with Crippen molar-refractivity contribution in [2.45, 2.75) is 56.5 Å². The standard InChI is InChI=1S/C24H29ClN6/c1-31-21(13-16-7-8-16)19(14-28-31)22-20(25)15-27-23(30-22)24(26)11-9-18(10-12-24)29-17-5-3-2-4-6-17/h2-6,14-16,18,29H,7-13,26H2,1H3. The predicted molar refractivity (Wildman–Crippen MR) is 124 cm³/mol. The van der Waals surface area contributed by atoms with E-state index in [1.807, 2.05) is 24.0 Å². The number of aryl methyl sites for hydroxylation is 1. The molecule has 2 aromatic heterocycles. The van der Waals surface area contributed by atoms with Crippen LogP contribution in [0.2, 0.25) is 5.02 Å². The van der Waals surface area contributed by atoms with Gasteiger partial charge in [-0.3, -0.25) is 4.68 Å². The van der Waals surface area contributed by atoms with Gasteiger partial charge in [0, 0.05) is 36.2 Å². The van der Waals surface area contributed by atoms with Crippen LogP contribution < -0.4 is 11.1 Å². The van der Waals surface area contributed by atoms with Crippen LogP contribution in [0.15, 0.2) is 42.7 Å². The second-order valence-corrected chi connectivity index (χ2v) is 9.51. The molecule has 0 amide bonds. The molecule has 3 aromatic rings. The zero-order chi connectivity index (χ0) is 21.4. The second kappa shape index (κ2) is 8.24. The fourth-order valence-electron chi connectivity index (χ4n) is 4.57. The molecule has 0 aliphatic heterocycles. The van der Waals surface area contributed by atoms with E-state index in [0.29, 0.717) is 16.9 Å². The van der Waals surface area contributed by atoms with Crippen LogP contribution in [0.1, 0.15) is 50.0 Å². The average molecular weight is 437 g/mol. The molecule has 6 nitrogen and oxygen atoms in total. The third-order valence-corrected chi connectivity index (χ3v) is 6.98. The monoisotopic (exact) mass is 436 g/mol. The van der Waals surface area contributed by atoms with Gasteiger partial charge in [0.25, 0.3) is 0 Å². The zero-order valence-corrected chi connectivity index (χ0v) is 18.6. The number of anilines is 1. The minimum atomic E-state index is -0.535. The number of nitrogens with zero attached hydrogens (tertiary/aromatic N) is 4. The molecule has 1 aromatic carbocycles. The lowest BCUT2D eigenvalue weighted by Gasteiger charge is -2.36. The van der Waals surface area contributed by atoms with Crippen molar-refractivity contribution < 1.29 is 0 Å².